The third-order valence-corrected chi connectivity index (χ3v) is 4.22. The van der Waals surface area contributed by atoms with Crippen LogP contribution in [0.3, 0.4) is 0 Å². The first-order valence-electron chi connectivity index (χ1n) is 8.37. The molecule has 9 nitrogen and oxygen atoms in total. The van der Waals surface area contributed by atoms with Crippen LogP contribution in [-0.2, 0) is 4.79 Å². The molecule has 1 saturated heterocycles. The number of aromatic nitrogens is 4. The number of amides is 1. The number of rotatable bonds is 6. The van der Waals surface area contributed by atoms with Crippen LogP contribution in [0, 0.1) is 0 Å². The van der Waals surface area contributed by atoms with E-state index in [-0.39, 0.29) is 18.4 Å². The maximum Gasteiger partial charge on any atom is 0.260 e. The highest BCUT2D eigenvalue weighted by Gasteiger charge is 2.35. The molecule has 2 aromatic heterocycles. The van der Waals surface area contributed by atoms with Gasteiger partial charge >= 0.3 is 0 Å². The summed E-state index contributed by atoms with van der Waals surface area (Å²) in [4.78, 5) is 26.4. The number of likely N-dealkylation sites (tertiary alicyclic amines) is 1. The van der Waals surface area contributed by atoms with Gasteiger partial charge in [0.15, 0.2) is 6.61 Å². The van der Waals surface area contributed by atoms with Crippen LogP contribution in [-0.4, -0.2) is 57.7 Å². The standard InChI is InChI=1S/C18H17N5O4/c1-25-13-3-2-4-14(7-13)26-11-16(24)23-9-12(10-23)18-21-17(22-27-18)15-8-19-5-6-20-15/h2-8,12H,9-11H2,1H3. The van der Waals surface area contributed by atoms with Crippen molar-refractivity contribution in [3.63, 3.8) is 0 Å². The number of nitrogens with zero attached hydrogens (tertiary/aromatic N) is 5. The van der Waals surface area contributed by atoms with Crippen molar-refractivity contribution in [2.75, 3.05) is 26.8 Å². The van der Waals surface area contributed by atoms with Crippen molar-refractivity contribution < 1.29 is 18.8 Å². The highest BCUT2D eigenvalue weighted by Crippen LogP contribution is 2.27. The smallest absolute Gasteiger partial charge is 0.260 e. The Hall–Kier alpha value is -3.49. The maximum absolute atomic E-state index is 12.2. The van der Waals surface area contributed by atoms with E-state index in [9.17, 15) is 4.79 Å². The minimum atomic E-state index is -0.0947. The lowest BCUT2D eigenvalue weighted by Crippen LogP contribution is -2.50. The SMILES string of the molecule is COc1cccc(OCC(=O)N2CC(c3nc(-c4cnccn4)no3)C2)c1. The zero-order valence-corrected chi connectivity index (χ0v) is 14.6. The Balaban J connectivity index is 1.29. The Bertz CT molecular complexity index is 924. The molecule has 1 aliphatic heterocycles. The predicted molar refractivity (Wildman–Crippen MR) is 93.1 cm³/mol. The van der Waals surface area contributed by atoms with Crippen LogP contribution in [0.25, 0.3) is 11.5 Å². The van der Waals surface area contributed by atoms with Crippen molar-refractivity contribution in [1.82, 2.24) is 25.0 Å². The molecular formula is C18H17N5O4. The molecule has 1 amide bonds. The van der Waals surface area contributed by atoms with Crippen molar-refractivity contribution in [3.8, 4) is 23.0 Å². The summed E-state index contributed by atoms with van der Waals surface area (Å²) in [6.07, 6.45) is 4.71. The molecule has 1 aliphatic rings. The van der Waals surface area contributed by atoms with E-state index in [1.54, 1.807) is 42.7 Å². The average molecular weight is 367 g/mol. The van der Waals surface area contributed by atoms with Gasteiger partial charge in [0.05, 0.1) is 19.2 Å². The number of benzene rings is 1. The summed E-state index contributed by atoms with van der Waals surface area (Å²) in [5.41, 5.74) is 0.548. The second-order valence-electron chi connectivity index (χ2n) is 6.01. The van der Waals surface area contributed by atoms with Crippen LogP contribution >= 0.6 is 0 Å². The maximum atomic E-state index is 12.2. The molecule has 138 valence electrons. The van der Waals surface area contributed by atoms with Gasteiger partial charge in [-0.15, -0.1) is 0 Å². The van der Waals surface area contributed by atoms with Crippen LogP contribution in [0.5, 0.6) is 11.5 Å². The molecule has 27 heavy (non-hydrogen) atoms. The number of methoxy groups -OCH3 is 1. The third kappa shape index (κ3) is 3.71. The van der Waals surface area contributed by atoms with Crippen molar-refractivity contribution in [2.24, 2.45) is 0 Å². The number of hydrogen-bond donors (Lipinski definition) is 0. The Morgan fingerprint density at radius 2 is 2.15 bits per heavy atom. The van der Waals surface area contributed by atoms with Crippen LogP contribution in [0.4, 0.5) is 0 Å². The monoisotopic (exact) mass is 367 g/mol. The predicted octanol–water partition coefficient (Wildman–Crippen LogP) is 1.54. The fourth-order valence-electron chi connectivity index (χ4n) is 2.69. The molecule has 0 atom stereocenters. The molecule has 0 bridgehead atoms. The highest BCUT2D eigenvalue weighted by molar-refractivity contribution is 5.78. The Labute approximate surface area is 155 Å². The summed E-state index contributed by atoms with van der Waals surface area (Å²) in [6, 6.07) is 7.14. The second-order valence-corrected chi connectivity index (χ2v) is 6.01. The first kappa shape index (κ1) is 17.0. The second kappa shape index (κ2) is 7.40. The van der Waals surface area contributed by atoms with Gasteiger partial charge in [0, 0.05) is 31.5 Å². The lowest BCUT2D eigenvalue weighted by molar-refractivity contribution is -0.138. The van der Waals surface area contributed by atoms with Crippen LogP contribution in [0.1, 0.15) is 11.8 Å². The number of hydrogen-bond acceptors (Lipinski definition) is 8. The summed E-state index contributed by atoms with van der Waals surface area (Å²) in [5, 5.41) is 3.92. The fourth-order valence-corrected chi connectivity index (χ4v) is 2.69. The molecule has 9 heteroatoms. The first-order valence-corrected chi connectivity index (χ1v) is 8.37. The summed E-state index contributed by atoms with van der Waals surface area (Å²) < 4.78 is 16.0. The van der Waals surface area contributed by atoms with Gasteiger partial charge in [-0.1, -0.05) is 11.2 Å². The molecule has 0 unspecified atom stereocenters. The Morgan fingerprint density at radius 3 is 2.93 bits per heavy atom. The van der Waals surface area contributed by atoms with Crippen molar-refractivity contribution >= 4 is 5.91 Å². The fraction of sp³-hybridized carbons (Fsp3) is 0.278. The summed E-state index contributed by atoms with van der Waals surface area (Å²) in [5.74, 6) is 2.08. The normalized spacial score (nSPS) is 13.9. The zero-order valence-electron chi connectivity index (χ0n) is 14.6. The molecule has 3 aromatic rings. The molecule has 1 aromatic carbocycles. The number of carbonyl (C=O) groups is 1. The Kier molecular flexibility index (Phi) is 4.65. The molecule has 1 fully saturated rings. The van der Waals surface area contributed by atoms with Crippen LogP contribution < -0.4 is 9.47 Å². The number of ether oxygens (including phenoxy) is 2. The molecule has 0 radical (unpaired) electrons. The topological polar surface area (TPSA) is 103 Å². The van der Waals surface area contributed by atoms with Gasteiger partial charge in [0.1, 0.15) is 17.2 Å². The lowest BCUT2D eigenvalue weighted by atomic mass is 10.0. The van der Waals surface area contributed by atoms with Gasteiger partial charge in [0.2, 0.25) is 11.7 Å². The Morgan fingerprint density at radius 1 is 1.30 bits per heavy atom. The van der Waals surface area contributed by atoms with Gasteiger partial charge in [-0.2, -0.15) is 4.98 Å². The van der Waals surface area contributed by atoms with Crippen molar-refractivity contribution in [1.29, 1.82) is 0 Å². The van der Waals surface area contributed by atoms with E-state index in [1.165, 1.54) is 0 Å². The molecule has 3 heterocycles. The van der Waals surface area contributed by atoms with E-state index in [0.717, 1.165) is 0 Å². The van der Waals surface area contributed by atoms with Gasteiger partial charge in [-0.05, 0) is 12.1 Å². The average Bonchev–Trinajstić information content (AvgIpc) is 3.16. The third-order valence-electron chi connectivity index (χ3n) is 4.22. The molecule has 4 rings (SSSR count). The van der Waals surface area contributed by atoms with E-state index in [1.807, 2.05) is 12.1 Å². The van der Waals surface area contributed by atoms with Gasteiger partial charge < -0.3 is 18.9 Å². The summed E-state index contributed by atoms with van der Waals surface area (Å²) >= 11 is 0. The van der Waals surface area contributed by atoms with Crippen LogP contribution in [0.15, 0.2) is 47.4 Å². The van der Waals surface area contributed by atoms with E-state index in [4.69, 9.17) is 14.0 Å². The minimum Gasteiger partial charge on any atom is -0.497 e. The quantitative estimate of drug-likeness (QED) is 0.646. The van der Waals surface area contributed by atoms with Gasteiger partial charge in [-0.25, -0.2) is 4.98 Å². The van der Waals surface area contributed by atoms with E-state index in [0.29, 0.717) is 42.0 Å². The first-order chi connectivity index (χ1) is 13.2. The van der Waals surface area contributed by atoms with E-state index in [2.05, 4.69) is 20.1 Å². The van der Waals surface area contributed by atoms with E-state index >= 15 is 0 Å². The van der Waals surface area contributed by atoms with Crippen LogP contribution in [0.2, 0.25) is 0 Å². The van der Waals surface area contributed by atoms with Gasteiger partial charge in [0.25, 0.3) is 5.91 Å². The highest BCUT2D eigenvalue weighted by atomic mass is 16.5. The summed E-state index contributed by atoms with van der Waals surface area (Å²) in [6.45, 7) is 0.999. The van der Waals surface area contributed by atoms with E-state index < -0.39 is 0 Å². The molecule has 0 saturated carbocycles. The largest absolute Gasteiger partial charge is 0.497 e. The molecule has 0 N–H and O–H groups in total. The van der Waals surface area contributed by atoms with Crippen molar-refractivity contribution in [3.05, 3.63) is 48.7 Å². The van der Waals surface area contributed by atoms with Gasteiger partial charge in [-0.3, -0.25) is 9.78 Å². The number of carbonyl (C=O) groups excluding carboxylic acids is 1. The summed E-state index contributed by atoms with van der Waals surface area (Å²) in [7, 11) is 1.58. The van der Waals surface area contributed by atoms with Crippen molar-refractivity contribution in [2.45, 2.75) is 5.92 Å². The molecule has 0 aliphatic carbocycles. The zero-order chi connectivity index (χ0) is 18.6. The molecule has 0 spiro atoms. The molecular weight excluding hydrogens is 350 g/mol. The minimum absolute atomic E-state index is 0.0173. The lowest BCUT2D eigenvalue weighted by Gasteiger charge is -2.36.